The zero-order valence-corrected chi connectivity index (χ0v) is 9.82. The van der Waals surface area contributed by atoms with E-state index in [0.717, 1.165) is 0 Å². The minimum atomic E-state index is -2.56. The van der Waals surface area contributed by atoms with Crippen LogP contribution in [0.5, 0.6) is 0 Å². The molecule has 16 heavy (non-hydrogen) atoms. The standard InChI is InChI=1S/C9H14F2N2O2S/c1-13(2)9-12-6-4(14)3-5(7(10)11)15-8(6)16-9/h4-8,14H,3H2,1-2H3/t4-,5-,6+,8+/m0/s1. The molecule has 0 bridgehead atoms. The van der Waals surface area contributed by atoms with E-state index in [1.807, 2.05) is 14.1 Å². The number of halogens is 2. The number of alkyl halides is 2. The number of hydrogen-bond acceptors (Lipinski definition) is 5. The summed E-state index contributed by atoms with van der Waals surface area (Å²) in [5, 5.41) is 10.5. The average molecular weight is 252 g/mol. The second kappa shape index (κ2) is 4.46. The van der Waals surface area contributed by atoms with E-state index in [-0.39, 0.29) is 6.42 Å². The van der Waals surface area contributed by atoms with E-state index in [1.54, 1.807) is 4.90 Å². The van der Waals surface area contributed by atoms with Crippen molar-refractivity contribution >= 4 is 16.9 Å². The van der Waals surface area contributed by atoms with Crippen molar-refractivity contribution in [1.82, 2.24) is 4.90 Å². The molecule has 0 aromatic carbocycles. The molecule has 0 unspecified atom stereocenters. The van der Waals surface area contributed by atoms with Crippen LogP contribution in [0.4, 0.5) is 8.78 Å². The number of nitrogens with zero attached hydrogens (tertiary/aromatic N) is 2. The molecule has 4 nitrogen and oxygen atoms in total. The fourth-order valence-electron chi connectivity index (χ4n) is 1.76. The molecule has 7 heteroatoms. The Morgan fingerprint density at radius 3 is 2.81 bits per heavy atom. The second-order valence-electron chi connectivity index (χ2n) is 4.09. The summed E-state index contributed by atoms with van der Waals surface area (Å²) in [7, 11) is 3.64. The topological polar surface area (TPSA) is 45.1 Å². The Hall–Kier alpha value is -0.400. The molecule has 0 amide bonds. The number of fused-ring (bicyclic) bond motifs is 1. The van der Waals surface area contributed by atoms with Gasteiger partial charge in [0.25, 0.3) is 6.43 Å². The van der Waals surface area contributed by atoms with E-state index < -0.39 is 30.1 Å². The van der Waals surface area contributed by atoms with Gasteiger partial charge in [-0.3, -0.25) is 4.99 Å². The third-order valence-electron chi connectivity index (χ3n) is 2.60. The third-order valence-corrected chi connectivity index (χ3v) is 3.90. The van der Waals surface area contributed by atoms with Gasteiger partial charge in [0.15, 0.2) is 5.17 Å². The van der Waals surface area contributed by atoms with Crippen molar-refractivity contribution in [2.45, 2.75) is 36.5 Å². The van der Waals surface area contributed by atoms with Gasteiger partial charge in [0.05, 0.1) is 6.10 Å². The van der Waals surface area contributed by atoms with Gasteiger partial charge >= 0.3 is 0 Å². The molecule has 0 radical (unpaired) electrons. The van der Waals surface area contributed by atoms with Crippen molar-refractivity contribution in [3.63, 3.8) is 0 Å². The van der Waals surface area contributed by atoms with Gasteiger partial charge in [0.2, 0.25) is 0 Å². The molecule has 0 aliphatic carbocycles. The molecule has 0 aromatic heterocycles. The molecule has 0 saturated carbocycles. The first-order valence-electron chi connectivity index (χ1n) is 5.02. The summed E-state index contributed by atoms with van der Waals surface area (Å²) in [5.41, 5.74) is -0.486. The Morgan fingerprint density at radius 2 is 2.25 bits per heavy atom. The number of ether oxygens (including phenoxy) is 1. The lowest BCUT2D eigenvalue weighted by Gasteiger charge is -2.33. The summed E-state index contributed by atoms with van der Waals surface area (Å²) in [6.07, 6.45) is -4.63. The minimum absolute atomic E-state index is 0.0520. The predicted molar refractivity (Wildman–Crippen MR) is 57.8 cm³/mol. The molecule has 1 N–H and O–H groups in total. The van der Waals surface area contributed by atoms with Crippen LogP contribution < -0.4 is 0 Å². The van der Waals surface area contributed by atoms with E-state index in [1.165, 1.54) is 11.8 Å². The Kier molecular flexibility index (Phi) is 3.37. The molecule has 1 fully saturated rings. The summed E-state index contributed by atoms with van der Waals surface area (Å²) in [4.78, 5) is 6.06. The van der Waals surface area contributed by atoms with Crippen molar-refractivity contribution < 1.29 is 18.6 Å². The van der Waals surface area contributed by atoms with Crippen LogP contribution >= 0.6 is 11.8 Å². The normalized spacial score (nSPS) is 38.5. The van der Waals surface area contributed by atoms with E-state index >= 15 is 0 Å². The first-order valence-corrected chi connectivity index (χ1v) is 5.90. The Morgan fingerprint density at radius 1 is 1.56 bits per heavy atom. The molecule has 92 valence electrons. The number of aliphatic hydroxyl groups excluding tert-OH is 1. The summed E-state index contributed by atoms with van der Waals surface area (Å²) in [6.45, 7) is 0. The quantitative estimate of drug-likeness (QED) is 0.748. The van der Waals surface area contributed by atoms with E-state index in [9.17, 15) is 13.9 Å². The highest BCUT2D eigenvalue weighted by Gasteiger charge is 2.45. The first-order chi connectivity index (χ1) is 7.49. The first kappa shape index (κ1) is 12.1. The number of hydrogen-bond donors (Lipinski definition) is 1. The maximum atomic E-state index is 12.5. The van der Waals surface area contributed by atoms with E-state index in [0.29, 0.717) is 5.17 Å². The molecule has 2 aliphatic rings. The average Bonchev–Trinajstić information content (AvgIpc) is 2.61. The molecule has 2 aliphatic heterocycles. The molecule has 4 atom stereocenters. The lowest BCUT2D eigenvalue weighted by molar-refractivity contribution is -0.127. The smallest absolute Gasteiger partial charge is 0.264 e. The molecular formula is C9H14F2N2O2S. The van der Waals surface area contributed by atoms with Crippen LogP contribution in [0.25, 0.3) is 0 Å². The molecule has 0 spiro atoms. The number of thioether (sulfide) groups is 1. The summed E-state index contributed by atoms with van der Waals surface area (Å²) >= 11 is 1.29. The van der Waals surface area contributed by atoms with Crippen LogP contribution in [-0.2, 0) is 4.74 Å². The minimum Gasteiger partial charge on any atom is -0.391 e. The fraction of sp³-hybridized carbons (Fsp3) is 0.889. The molecule has 1 saturated heterocycles. The predicted octanol–water partition coefficient (Wildman–Crippen LogP) is 0.760. The zero-order valence-electron chi connectivity index (χ0n) is 9.01. The Balaban J connectivity index is 2.07. The number of aliphatic hydroxyl groups is 1. The summed E-state index contributed by atoms with van der Waals surface area (Å²) < 4.78 is 30.3. The molecule has 2 heterocycles. The number of rotatable bonds is 1. The number of amidine groups is 1. The molecule has 0 aromatic rings. The maximum absolute atomic E-state index is 12.5. The highest BCUT2D eigenvalue weighted by Crippen LogP contribution is 2.37. The maximum Gasteiger partial charge on any atom is 0.264 e. The van der Waals surface area contributed by atoms with Gasteiger partial charge in [0.1, 0.15) is 17.6 Å². The van der Waals surface area contributed by atoms with E-state index in [2.05, 4.69) is 4.99 Å². The van der Waals surface area contributed by atoms with Crippen molar-refractivity contribution in [1.29, 1.82) is 0 Å². The number of aliphatic imine (C=N–C) groups is 1. The van der Waals surface area contributed by atoms with Gasteiger partial charge in [-0.2, -0.15) is 0 Å². The second-order valence-corrected chi connectivity index (χ2v) is 5.16. The van der Waals surface area contributed by atoms with Gasteiger partial charge in [0, 0.05) is 20.5 Å². The van der Waals surface area contributed by atoms with Gasteiger partial charge in [-0.15, -0.1) is 0 Å². The molecular weight excluding hydrogens is 238 g/mol. The van der Waals surface area contributed by atoms with Crippen molar-refractivity contribution in [2.75, 3.05) is 14.1 Å². The SMILES string of the molecule is CN(C)C1=N[C@H]2[C@H](O[C@H](C(F)F)C[C@@H]2O)S1. The van der Waals surface area contributed by atoms with Crippen LogP contribution in [0.15, 0.2) is 4.99 Å². The fourth-order valence-corrected chi connectivity index (χ4v) is 2.94. The van der Waals surface area contributed by atoms with Crippen LogP contribution in [0, 0.1) is 0 Å². The van der Waals surface area contributed by atoms with Crippen LogP contribution in [0.2, 0.25) is 0 Å². The van der Waals surface area contributed by atoms with Crippen molar-refractivity contribution in [3.05, 3.63) is 0 Å². The van der Waals surface area contributed by atoms with Gasteiger partial charge < -0.3 is 14.7 Å². The van der Waals surface area contributed by atoms with Crippen molar-refractivity contribution in [2.24, 2.45) is 4.99 Å². The van der Waals surface area contributed by atoms with Crippen molar-refractivity contribution in [3.8, 4) is 0 Å². The van der Waals surface area contributed by atoms with Gasteiger partial charge in [-0.05, 0) is 0 Å². The zero-order chi connectivity index (χ0) is 11.9. The van der Waals surface area contributed by atoms with Gasteiger partial charge in [-0.1, -0.05) is 11.8 Å². The highest BCUT2D eigenvalue weighted by atomic mass is 32.2. The van der Waals surface area contributed by atoms with E-state index in [4.69, 9.17) is 4.74 Å². The highest BCUT2D eigenvalue weighted by molar-refractivity contribution is 8.14. The Bertz CT molecular complexity index is 301. The summed E-state index contributed by atoms with van der Waals surface area (Å²) in [6, 6.07) is -0.419. The van der Waals surface area contributed by atoms with Crippen LogP contribution in [0.1, 0.15) is 6.42 Å². The van der Waals surface area contributed by atoms with Crippen LogP contribution in [0.3, 0.4) is 0 Å². The third kappa shape index (κ3) is 2.16. The lowest BCUT2D eigenvalue weighted by Crippen LogP contribution is -2.46. The summed E-state index contributed by atoms with van der Waals surface area (Å²) in [5.74, 6) is 0. The van der Waals surface area contributed by atoms with Crippen LogP contribution in [-0.4, -0.2) is 59.4 Å². The molecule has 2 rings (SSSR count). The van der Waals surface area contributed by atoms with Gasteiger partial charge in [-0.25, -0.2) is 8.78 Å². The largest absolute Gasteiger partial charge is 0.391 e. The lowest BCUT2D eigenvalue weighted by atomic mass is 10.0. The Labute approximate surface area is 96.7 Å². The monoisotopic (exact) mass is 252 g/mol.